The van der Waals surface area contributed by atoms with E-state index in [2.05, 4.69) is 49.1 Å². The zero-order valence-corrected chi connectivity index (χ0v) is 14.6. The van der Waals surface area contributed by atoms with Gasteiger partial charge < -0.3 is 14.7 Å². The molecule has 1 aliphatic rings. The van der Waals surface area contributed by atoms with Crippen molar-refractivity contribution in [2.75, 3.05) is 13.7 Å². The fourth-order valence-corrected chi connectivity index (χ4v) is 3.23. The van der Waals surface area contributed by atoms with Crippen LogP contribution in [0.3, 0.4) is 0 Å². The van der Waals surface area contributed by atoms with E-state index in [-0.39, 0.29) is 5.41 Å². The molecule has 2 aromatic rings. The molecule has 1 aliphatic heterocycles. The first-order valence-electron chi connectivity index (χ1n) is 8.32. The quantitative estimate of drug-likeness (QED) is 0.925. The van der Waals surface area contributed by atoms with E-state index >= 15 is 0 Å². The Morgan fingerprint density at radius 3 is 2.42 bits per heavy atom. The van der Waals surface area contributed by atoms with Gasteiger partial charge in [0.1, 0.15) is 11.9 Å². The zero-order valence-electron chi connectivity index (χ0n) is 14.6. The van der Waals surface area contributed by atoms with E-state index < -0.39 is 6.10 Å². The molecule has 3 nitrogen and oxygen atoms in total. The topological polar surface area (TPSA) is 32.7 Å². The van der Waals surface area contributed by atoms with Gasteiger partial charge in [0, 0.05) is 24.2 Å². The van der Waals surface area contributed by atoms with Crippen LogP contribution in [0, 0.1) is 5.41 Å². The standard InChI is InChI=1S/C21H25NO2/c1-21(2)15-22(14-17-9-11-18(24-3)12-10-17)19(20(21)23)13-16-7-5-4-6-8-16/h4-13,20,23H,14-15H2,1-3H3/b19-13+. The van der Waals surface area contributed by atoms with Crippen LogP contribution in [0.15, 0.2) is 60.3 Å². The molecule has 1 fully saturated rings. The second kappa shape index (κ2) is 6.70. The minimum Gasteiger partial charge on any atom is -0.497 e. The van der Waals surface area contributed by atoms with Crippen molar-refractivity contribution >= 4 is 6.08 Å². The summed E-state index contributed by atoms with van der Waals surface area (Å²) in [6.45, 7) is 5.84. The molecule has 1 heterocycles. The van der Waals surface area contributed by atoms with E-state index in [9.17, 15) is 5.11 Å². The van der Waals surface area contributed by atoms with Crippen molar-refractivity contribution in [1.29, 1.82) is 0 Å². The van der Waals surface area contributed by atoms with E-state index in [1.807, 2.05) is 30.3 Å². The number of benzene rings is 2. The Morgan fingerprint density at radius 2 is 1.79 bits per heavy atom. The second-order valence-electron chi connectivity index (χ2n) is 7.08. The summed E-state index contributed by atoms with van der Waals surface area (Å²) >= 11 is 0. The summed E-state index contributed by atoms with van der Waals surface area (Å²) in [5.41, 5.74) is 3.15. The highest BCUT2D eigenvalue weighted by atomic mass is 16.5. The van der Waals surface area contributed by atoms with Crippen LogP contribution >= 0.6 is 0 Å². The maximum absolute atomic E-state index is 10.8. The highest BCUT2D eigenvalue weighted by Crippen LogP contribution is 2.38. The minimum absolute atomic E-state index is 0.160. The average Bonchev–Trinajstić information content (AvgIpc) is 2.79. The van der Waals surface area contributed by atoms with Gasteiger partial charge in [0.25, 0.3) is 0 Å². The molecule has 1 saturated heterocycles. The van der Waals surface area contributed by atoms with Gasteiger partial charge in [0.15, 0.2) is 0 Å². The molecule has 24 heavy (non-hydrogen) atoms. The number of nitrogens with zero attached hydrogens (tertiary/aromatic N) is 1. The summed E-state index contributed by atoms with van der Waals surface area (Å²) in [5, 5.41) is 10.8. The molecule has 0 amide bonds. The molecule has 1 unspecified atom stereocenters. The van der Waals surface area contributed by atoms with Gasteiger partial charge in [-0.1, -0.05) is 56.3 Å². The molecular formula is C21H25NO2. The van der Waals surface area contributed by atoms with E-state index in [4.69, 9.17) is 4.74 Å². The van der Waals surface area contributed by atoms with E-state index in [0.717, 1.165) is 30.1 Å². The summed E-state index contributed by atoms with van der Waals surface area (Å²) < 4.78 is 5.22. The molecule has 1 N–H and O–H groups in total. The molecule has 0 saturated carbocycles. The Balaban J connectivity index is 1.87. The van der Waals surface area contributed by atoms with Crippen LogP contribution < -0.4 is 4.74 Å². The van der Waals surface area contributed by atoms with Crippen molar-refractivity contribution in [2.24, 2.45) is 5.41 Å². The number of rotatable bonds is 4. The first-order chi connectivity index (χ1) is 11.5. The molecule has 0 aromatic heterocycles. The molecule has 0 bridgehead atoms. The predicted octanol–water partition coefficient (Wildman–Crippen LogP) is 3.94. The van der Waals surface area contributed by atoms with Crippen LogP contribution in [0.5, 0.6) is 5.75 Å². The summed E-state index contributed by atoms with van der Waals surface area (Å²) in [4.78, 5) is 2.28. The van der Waals surface area contributed by atoms with E-state index in [0.29, 0.717) is 0 Å². The number of methoxy groups -OCH3 is 1. The fourth-order valence-electron chi connectivity index (χ4n) is 3.23. The smallest absolute Gasteiger partial charge is 0.118 e. The number of ether oxygens (including phenoxy) is 1. The van der Waals surface area contributed by atoms with E-state index in [1.165, 1.54) is 5.56 Å². The van der Waals surface area contributed by atoms with Crippen molar-refractivity contribution < 1.29 is 9.84 Å². The largest absolute Gasteiger partial charge is 0.497 e. The number of aliphatic hydroxyl groups is 1. The van der Waals surface area contributed by atoms with Crippen LogP contribution in [0.2, 0.25) is 0 Å². The van der Waals surface area contributed by atoms with E-state index in [1.54, 1.807) is 7.11 Å². The van der Waals surface area contributed by atoms with Crippen molar-refractivity contribution in [3.63, 3.8) is 0 Å². The van der Waals surface area contributed by atoms with Crippen molar-refractivity contribution in [3.8, 4) is 5.75 Å². The normalized spacial score (nSPS) is 21.2. The van der Waals surface area contributed by atoms with Gasteiger partial charge in [0.2, 0.25) is 0 Å². The lowest BCUT2D eigenvalue weighted by Gasteiger charge is -2.21. The predicted molar refractivity (Wildman–Crippen MR) is 97.6 cm³/mol. The first-order valence-corrected chi connectivity index (χ1v) is 8.32. The average molecular weight is 323 g/mol. The van der Waals surface area contributed by atoms with Crippen LogP contribution in [-0.2, 0) is 6.54 Å². The Hall–Kier alpha value is -2.26. The highest BCUT2D eigenvalue weighted by molar-refractivity contribution is 5.54. The first kappa shape index (κ1) is 16.6. The van der Waals surface area contributed by atoms with Gasteiger partial charge in [-0.3, -0.25) is 0 Å². The summed E-state index contributed by atoms with van der Waals surface area (Å²) in [6, 6.07) is 18.3. The van der Waals surface area contributed by atoms with Gasteiger partial charge in [-0.2, -0.15) is 0 Å². The van der Waals surface area contributed by atoms with Crippen molar-refractivity contribution in [3.05, 3.63) is 71.4 Å². The third kappa shape index (κ3) is 3.46. The zero-order chi connectivity index (χ0) is 17.2. The summed E-state index contributed by atoms with van der Waals surface area (Å²) in [6.07, 6.45) is 1.64. The van der Waals surface area contributed by atoms with Crippen molar-refractivity contribution in [2.45, 2.75) is 26.5 Å². The molecule has 2 aromatic carbocycles. The molecule has 3 rings (SSSR count). The number of aliphatic hydroxyl groups excluding tert-OH is 1. The van der Waals surface area contributed by atoms with Gasteiger partial charge in [-0.05, 0) is 29.3 Å². The van der Waals surface area contributed by atoms with Crippen LogP contribution in [0.4, 0.5) is 0 Å². The third-order valence-corrected chi connectivity index (χ3v) is 4.63. The Morgan fingerprint density at radius 1 is 1.12 bits per heavy atom. The molecule has 3 heteroatoms. The number of hydrogen-bond donors (Lipinski definition) is 1. The number of likely N-dealkylation sites (tertiary alicyclic amines) is 1. The lowest BCUT2D eigenvalue weighted by atomic mass is 9.88. The molecule has 0 radical (unpaired) electrons. The lowest BCUT2D eigenvalue weighted by molar-refractivity contribution is 0.113. The van der Waals surface area contributed by atoms with Crippen LogP contribution in [0.25, 0.3) is 6.08 Å². The van der Waals surface area contributed by atoms with Crippen molar-refractivity contribution in [1.82, 2.24) is 4.90 Å². The Kier molecular flexibility index (Phi) is 4.63. The maximum atomic E-state index is 10.8. The fraction of sp³-hybridized carbons (Fsp3) is 0.333. The number of hydrogen-bond acceptors (Lipinski definition) is 3. The minimum atomic E-state index is -0.462. The lowest BCUT2D eigenvalue weighted by Crippen LogP contribution is -2.26. The molecule has 0 spiro atoms. The Labute approximate surface area is 144 Å². The SMILES string of the molecule is COc1ccc(CN2CC(C)(C)C(O)/C2=C\c2ccccc2)cc1. The third-order valence-electron chi connectivity index (χ3n) is 4.63. The molecule has 126 valence electrons. The highest BCUT2D eigenvalue weighted by Gasteiger charge is 2.41. The van der Waals surface area contributed by atoms with Gasteiger partial charge in [-0.25, -0.2) is 0 Å². The van der Waals surface area contributed by atoms with Crippen LogP contribution in [0.1, 0.15) is 25.0 Å². The maximum Gasteiger partial charge on any atom is 0.118 e. The monoisotopic (exact) mass is 323 g/mol. The molecular weight excluding hydrogens is 298 g/mol. The molecule has 0 aliphatic carbocycles. The molecule has 1 atom stereocenters. The van der Waals surface area contributed by atoms with Gasteiger partial charge in [-0.15, -0.1) is 0 Å². The Bertz CT molecular complexity index is 704. The second-order valence-corrected chi connectivity index (χ2v) is 7.08. The van der Waals surface area contributed by atoms with Crippen LogP contribution in [-0.4, -0.2) is 29.8 Å². The summed E-state index contributed by atoms with van der Waals surface area (Å²) in [5.74, 6) is 0.862. The van der Waals surface area contributed by atoms with Gasteiger partial charge >= 0.3 is 0 Å². The summed E-state index contributed by atoms with van der Waals surface area (Å²) in [7, 11) is 1.68. The van der Waals surface area contributed by atoms with Gasteiger partial charge in [0.05, 0.1) is 7.11 Å².